The average molecular weight is 1110 g/mol. The van der Waals surface area contributed by atoms with Crippen molar-refractivity contribution in [2.24, 2.45) is 0 Å². The number of aromatic hydroxyl groups is 5. The van der Waals surface area contributed by atoms with Crippen molar-refractivity contribution >= 4 is 43.6 Å². The number of pyridine rings is 4. The third kappa shape index (κ3) is 12.8. The molecule has 0 amide bonds. The molecule has 0 spiro atoms. The van der Waals surface area contributed by atoms with Gasteiger partial charge in [-0.05, 0) is 160 Å². The second kappa shape index (κ2) is 25.0. The second-order valence-corrected chi connectivity index (χ2v) is 19.7. The van der Waals surface area contributed by atoms with Gasteiger partial charge in [-0.15, -0.1) is 5.75 Å². The molecule has 80 heavy (non-hydrogen) atoms. The summed E-state index contributed by atoms with van der Waals surface area (Å²) in [5, 5.41) is 63.9. The van der Waals surface area contributed by atoms with Crippen molar-refractivity contribution in [2.75, 3.05) is 0 Å². The Kier molecular flexibility index (Phi) is 18.2. The van der Waals surface area contributed by atoms with E-state index in [0.29, 0.717) is 0 Å². The number of aromatic nitrogens is 4. The van der Waals surface area contributed by atoms with Gasteiger partial charge in [0.05, 0.1) is 22.1 Å². The number of rotatable bonds is 6. The molecule has 406 valence electrons. The van der Waals surface area contributed by atoms with Crippen LogP contribution in [0, 0.1) is 27.7 Å². The fourth-order valence-corrected chi connectivity index (χ4v) is 9.69. The minimum Gasteiger partial charge on any atom is -0.872 e. The maximum Gasteiger partial charge on any atom is 1.00 e. The van der Waals surface area contributed by atoms with Gasteiger partial charge in [0.15, 0.2) is 0 Å². The first-order chi connectivity index (χ1) is 37.5. The third-order valence-corrected chi connectivity index (χ3v) is 14.3. The van der Waals surface area contributed by atoms with E-state index in [1.807, 2.05) is 125 Å². The van der Waals surface area contributed by atoms with E-state index in [0.717, 1.165) is 99.8 Å². The Morgan fingerprint density at radius 1 is 0.275 bits per heavy atom. The molecule has 0 bridgehead atoms. The summed E-state index contributed by atoms with van der Waals surface area (Å²) >= 11 is 0. The molecule has 0 saturated heterocycles. The zero-order valence-corrected chi connectivity index (χ0v) is 46.0. The van der Waals surface area contributed by atoms with Crippen LogP contribution in [0.25, 0.3) is 43.6 Å². The van der Waals surface area contributed by atoms with Gasteiger partial charge < -0.3 is 36.1 Å². The smallest absolute Gasteiger partial charge is 0.872 e. The van der Waals surface area contributed by atoms with Gasteiger partial charge in [0.1, 0.15) is 28.7 Å². The Morgan fingerprint density at radius 2 is 0.438 bits per heavy atom. The summed E-state index contributed by atoms with van der Waals surface area (Å²) < 4.78 is 0. The second-order valence-electron chi connectivity index (χ2n) is 19.7. The van der Waals surface area contributed by atoms with E-state index in [9.17, 15) is 30.6 Å². The summed E-state index contributed by atoms with van der Waals surface area (Å²) in [6, 6.07) is 67.0. The van der Waals surface area contributed by atoms with E-state index in [1.54, 1.807) is 72.8 Å². The Balaban J connectivity index is 0.000000155. The molecule has 0 atom stereocenters. The number of aryl methyl sites for hydroxylation is 4. The molecule has 11 nitrogen and oxygen atoms in total. The monoisotopic (exact) mass is 1110 g/mol. The molecule has 12 heteroatoms. The number of phenolic OH excluding ortho intramolecular Hbond substituents is 5. The van der Waals surface area contributed by atoms with Gasteiger partial charge >= 0.3 is 17.1 Å². The van der Waals surface area contributed by atoms with Crippen molar-refractivity contribution in [3.05, 3.63) is 275 Å². The number of hydrogen-bond donors (Lipinski definition) is 5. The minimum absolute atomic E-state index is 0. The summed E-state index contributed by atoms with van der Waals surface area (Å²) in [6.45, 7) is 12.2. The van der Waals surface area contributed by atoms with Gasteiger partial charge in [-0.3, -0.25) is 19.9 Å². The maximum atomic E-state index is 11.4. The first-order valence-electron chi connectivity index (χ1n) is 25.5. The Bertz CT molecular complexity index is 3420. The molecule has 12 aromatic rings. The number of nitrogens with zero attached hydrogens (tertiary/aromatic N) is 4. The first kappa shape index (κ1) is 58.4. The van der Waals surface area contributed by atoms with Crippen molar-refractivity contribution in [3.8, 4) is 34.5 Å². The number of benzene rings is 8. The first-order valence-corrected chi connectivity index (χ1v) is 25.5. The predicted molar refractivity (Wildman–Crippen MR) is 314 cm³/mol. The molecule has 0 unspecified atom stereocenters. The molecule has 0 fully saturated rings. The molecular formula is C68H61CuN4O7. The number of hydrogen-bond acceptors (Lipinski definition) is 10. The van der Waals surface area contributed by atoms with Crippen LogP contribution in [0.3, 0.4) is 0 Å². The summed E-state index contributed by atoms with van der Waals surface area (Å²) in [4.78, 5) is 18.3. The van der Waals surface area contributed by atoms with Crippen molar-refractivity contribution in [1.29, 1.82) is 0 Å². The molecular weight excluding hydrogens is 1050 g/mol. The minimum atomic E-state index is -0.505. The van der Waals surface area contributed by atoms with E-state index in [-0.39, 0.29) is 57.0 Å². The van der Waals surface area contributed by atoms with E-state index in [2.05, 4.69) is 82.3 Å². The van der Waals surface area contributed by atoms with Crippen LogP contribution in [0.5, 0.6) is 34.5 Å². The van der Waals surface area contributed by atoms with Gasteiger partial charge in [-0.2, -0.15) is 0 Å². The Morgan fingerprint density at radius 3 is 0.625 bits per heavy atom. The quantitative estimate of drug-likeness (QED) is 0.0605. The third-order valence-electron chi connectivity index (χ3n) is 14.3. The van der Waals surface area contributed by atoms with Crippen LogP contribution in [0.4, 0.5) is 0 Å². The van der Waals surface area contributed by atoms with Crippen molar-refractivity contribution < 1.29 is 53.2 Å². The zero-order valence-electron chi connectivity index (χ0n) is 45.0. The normalized spacial score (nSPS) is 11.0. The van der Waals surface area contributed by atoms with Crippen LogP contribution in [0.15, 0.2) is 218 Å². The average Bonchev–Trinajstić information content (AvgIpc) is 3.56. The largest absolute Gasteiger partial charge is 1.00 e. The van der Waals surface area contributed by atoms with E-state index in [4.69, 9.17) is 0 Å². The molecule has 0 saturated carbocycles. The van der Waals surface area contributed by atoms with Crippen molar-refractivity contribution in [2.45, 2.75) is 52.4 Å². The van der Waals surface area contributed by atoms with Gasteiger partial charge in [-0.1, -0.05) is 133 Å². The Hall–Kier alpha value is -9.32. The van der Waals surface area contributed by atoms with Crippen LogP contribution in [-0.4, -0.2) is 50.9 Å². The van der Waals surface area contributed by atoms with Crippen LogP contribution < -0.4 is 5.11 Å². The molecule has 7 N–H and O–H groups in total. The molecule has 0 aliphatic rings. The van der Waals surface area contributed by atoms with Gasteiger partial charge in [0, 0.05) is 55.2 Å². The SMILES string of the molecule is CC(c1ccc(O)cc1)(c1ccc(O)cc1)c1ccc(O)cc1.CC(c1ccc([O-])cc1)(c1ccc(O)cc1)c1ccc(O)cc1.Cc1ccc2ccc3ccc(C)nc3c2n1.Cc1ccc2ccc3ccc(C)nc3c2n1.O.[Cu+]. The fourth-order valence-electron chi connectivity index (χ4n) is 9.69. The van der Waals surface area contributed by atoms with Gasteiger partial charge in [0.2, 0.25) is 0 Å². The summed E-state index contributed by atoms with van der Waals surface area (Å²) in [7, 11) is 0. The molecule has 4 heterocycles. The van der Waals surface area contributed by atoms with E-state index in [1.165, 1.54) is 0 Å². The molecule has 8 aromatic carbocycles. The zero-order chi connectivity index (χ0) is 55.1. The molecule has 12 rings (SSSR count). The van der Waals surface area contributed by atoms with E-state index < -0.39 is 10.8 Å². The predicted octanol–water partition coefficient (Wildman–Crippen LogP) is 13.7. The van der Waals surface area contributed by atoms with E-state index >= 15 is 0 Å². The summed E-state index contributed by atoms with van der Waals surface area (Å²) in [5.74, 6) is 1.02. The number of phenols is 5. The van der Waals surface area contributed by atoms with Crippen LogP contribution in [-0.2, 0) is 27.9 Å². The standard InChI is InChI=1S/2C20H18O3.2C14H12N2.Cu.H2O/c2*1-20(14-2-8-17(21)9-3-14,15-4-10-18(22)11-5-15)16-6-12-19(23)13-7-16;2*1-9-3-5-11-7-8-12-6-4-10(2)16-14(12)13(11)15-9;;/h2*2-13,21-23H,1H3;2*3-8H,1-2H3;;1H2/q;;;;+1;/p-1. The molecule has 0 radical (unpaired) electrons. The van der Waals surface area contributed by atoms with Crippen molar-refractivity contribution in [3.63, 3.8) is 0 Å². The van der Waals surface area contributed by atoms with Crippen LogP contribution in [0.2, 0.25) is 0 Å². The maximum absolute atomic E-state index is 11.4. The summed E-state index contributed by atoms with van der Waals surface area (Å²) in [6.07, 6.45) is 0. The topological polar surface area (TPSA) is 207 Å². The number of fused-ring (bicyclic) bond motifs is 6. The van der Waals surface area contributed by atoms with Crippen molar-refractivity contribution in [1.82, 2.24) is 19.9 Å². The summed E-state index contributed by atoms with van der Waals surface area (Å²) in [5.41, 5.74) is 13.1. The molecule has 0 aliphatic heterocycles. The van der Waals surface area contributed by atoms with Gasteiger partial charge in [-0.25, -0.2) is 0 Å². The van der Waals surface area contributed by atoms with Crippen LogP contribution in [0.1, 0.15) is 70.0 Å². The Labute approximate surface area is 475 Å². The molecule has 0 aliphatic carbocycles. The molecule has 4 aromatic heterocycles. The fraction of sp³-hybridized carbons (Fsp3) is 0.118. The van der Waals surface area contributed by atoms with Crippen LogP contribution >= 0.6 is 0 Å². The van der Waals surface area contributed by atoms with Gasteiger partial charge in [0.25, 0.3) is 0 Å².